The number of carbonyl (C=O) groups excluding carboxylic acids is 2. The van der Waals surface area contributed by atoms with Crippen LogP contribution in [0, 0.1) is 0 Å². The Morgan fingerprint density at radius 2 is 1.27 bits per heavy atom. The molecule has 0 aliphatic carbocycles. The minimum Gasteiger partial charge on any atom is -0.370 e. The van der Waals surface area contributed by atoms with Gasteiger partial charge in [-0.15, -0.1) is 0 Å². The highest BCUT2D eigenvalue weighted by molar-refractivity contribution is 6.03. The van der Waals surface area contributed by atoms with E-state index in [2.05, 4.69) is 21.5 Å². The molecule has 0 aromatic carbocycles. The summed E-state index contributed by atoms with van der Waals surface area (Å²) in [6.45, 7) is 0. The highest BCUT2D eigenvalue weighted by Crippen LogP contribution is 1.94. The van der Waals surface area contributed by atoms with E-state index in [1.807, 2.05) is 0 Å². The first kappa shape index (κ1) is 9.78. The van der Waals surface area contributed by atoms with E-state index in [0.29, 0.717) is 0 Å². The molecule has 0 bridgehead atoms. The number of nitrogens with two attached hydrogens (primary N) is 4. The standard InChI is InChI=1S/C3H8N4O4/c4-3(5,1(8)10-6)2(9)11-7/h4-7H2. The van der Waals surface area contributed by atoms with E-state index >= 15 is 0 Å². The van der Waals surface area contributed by atoms with E-state index in [-0.39, 0.29) is 0 Å². The largest absolute Gasteiger partial charge is 0.371 e. The molecule has 8 N–H and O–H groups in total. The van der Waals surface area contributed by atoms with Crippen LogP contribution in [0.5, 0.6) is 0 Å². The van der Waals surface area contributed by atoms with Gasteiger partial charge in [-0.25, -0.2) is 9.59 Å². The summed E-state index contributed by atoms with van der Waals surface area (Å²) in [5, 5.41) is 0. The molecule has 0 heterocycles. The fraction of sp³-hybridized carbons (Fsp3) is 0.333. The predicted octanol–water partition coefficient (Wildman–Crippen LogP) is -3.57. The zero-order chi connectivity index (χ0) is 9.07. The smallest absolute Gasteiger partial charge is 0.370 e. The molecular formula is C3H8N4O4. The van der Waals surface area contributed by atoms with Crippen LogP contribution in [0.1, 0.15) is 0 Å². The first-order valence-corrected chi connectivity index (χ1v) is 2.37. The SMILES string of the molecule is NOC(=O)C(N)(N)C(=O)ON. The topological polar surface area (TPSA) is 157 Å². The number of hydrogen-bond donors (Lipinski definition) is 4. The molecule has 64 valence electrons. The van der Waals surface area contributed by atoms with E-state index < -0.39 is 17.6 Å². The van der Waals surface area contributed by atoms with Gasteiger partial charge in [0.05, 0.1) is 0 Å². The van der Waals surface area contributed by atoms with Gasteiger partial charge in [-0.1, -0.05) is 0 Å². The van der Waals surface area contributed by atoms with Crippen molar-refractivity contribution in [2.24, 2.45) is 23.3 Å². The summed E-state index contributed by atoms with van der Waals surface area (Å²) in [7, 11) is 0. The second-order valence-electron chi connectivity index (χ2n) is 1.68. The lowest BCUT2D eigenvalue weighted by Crippen LogP contribution is -2.64. The fourth-order valence-electron chi connectivity index (χ4n) is 0.278. The Kier molecular flexibility index (Phi) is 2.89. The summed E-state index contributed by atoms with van der Waals surface area (Å²) in [5.41, 5.74) is 7.33. The number of rotatable bonds is 2. The highest BCUT2D eigenvalue weighted by atomic mass is 16.7. The van der Waals surface area contributed by atoms with Crippen molar-refractivity contribution in [2.45, 2.75) is 5.66 Å². The zero-order valence-corrected chi connectivity index (χ0v) is 5.44. The normalized spacial score (nSPS) is 10.5. The van der Waals surface area contributed by atoms with Crippen LogP contribution in [0.4, 0.5) is 0 Å². The molecular weight excluding hydrogens is 156 g/mol. The van der Waals surface area contributed by atoms with Crippen LogP contribution >= 0.6 is 0 Å². The minimum absolute atomic E-state index is 1.34. The fourth-order valence-corrected chi connectivity index (χ4v) is 0.278. The number of hydrogen-bond acceptors (Lipinski definition) is 8. The van der Waals surface area contributed by atoms with Crippen molar-refractivity contribution in [3.05, 3.63) is 0 Å². The third kappa shape index (κ3) is 1.85. The van der Waals surface area contributed by atoms with Gasteiger partial charge in [-0.05, 0) is 0 Å². The molecule has 0 amide bonds. The maximum Gasteiger partial charge on any atom is 0.371 e. The lowest BCUT2D eigenvalue weighted by atomic mass is 10.2. The summed E-state index contributed by atoms with van der Waals surface area (Å²) < 4.78 is 0. The minimum atomic E-state index is -2.45. The Bertz CT molecular complexity index is 160. The maximum atomic E-state index is 10.5. The molecule has 0 atom stereocenters. The molecule has 0 aliphatic heterocycles. The van der Waals surface area contributed by atoms with Gasteiger partial charge in [0, 0.05) is 0 Å². The summed E-state index contributed by atoms with van der Waals surface area (Å²) in [6, 6.07) is 0. The summed E-state index contributed by atoms with van der Waals surface area (Å²) in [6.07, 6.45) is 0. The molecule has 0 spiro atoms. The van der Waals surface area contributed by atoms with E-state index in [0.717, 1.165) is 0 Å². The average Bonchev–Trinajstić information content (AvgIpc) is 2.01. The summed E-state index contributed by atoms with van der Waals surface area (Å²) in [5.74, 6) is 6.11. The summed E-state index contributed by atoms with van der Waals surface area (Å²) in [4.78, 5) is 28.1. The highest BCUT2D eigenvalue weighted by Gasteiger charge is 2.41. The van der Waals surface area contributed by atoms with E-state index in [1.165, 1.54) is 0 Å². The monoisotopic (exact) mass is 164 g/mol. The van der Waals surface area contributed by atoms with Crippen LogP contribution in [0.15, 0.2) is 0 Å². The van der Waals surface area contributed by atoms with Gasteiger partial charge in [-0.2, -0.15) is 11.8 Å². The predicted molar refractivity (Wildman–Crippen MR) is 31.7 cm³/mol. The Hall–Kier alpha value is -1.22. The van der Waals surface area contributed by atoms with Gasteiger partial charge in [0.1, 0.15) is 0 Å². The van der Waals surface area contributed by atoms with E-state index in [4.69, 9.17) is 11.5 Å². The Morgan fingerprint density at radius 1 is 1.00 bits per heavy atom. The van der Waals surface area contributed by atoms with Crippen LogP contribution in [0.3, 0.4) is 0 Å². The van der Waals surface area contributed by atoms with Crippen LogP contribution in [0.2, 0.25) is 0 Å². The molecule has 0 aromatic rings. The van der Waals surface area contributed by atoms with Crippen molar-refractivity contribution >= 4 is 11.9 Å². The molecule has 0 unspecified atom stereocenters. The second-order valence-corrected chi connectivity index (χ2v) is 1.68. The molecule has 11 heavy (non-hydrogen) atoms. The molecule has 0 saturated heterocycles. The Balaban J connectivity index is 4.44. The third-order valence-electron chi connectivity index (χ3n) is 0.890. The van der Waals surface area contributed by atoms with Gasteiger partial charge in [-0.3, -0.25) is 11.5 Å². The quantitative estimate of drug-likeness (QED) is 0.185. The molecule has 0 rings (SSSR count). The molecule has 0 aliphatic rings. The average molecular weight is 164 g/mol. The third-order valence-corrected chi connectivity index (χ3v) is 0.890. The first-order chi connectivity index (χ1) is 4.96. The van der Waals surface area contributed by atoms with Gasteiger partial charge < -0.3 is 9.68 Å². The van der Waals surface area contributed by atoms with Gasteiger partial charge in [0.15, 0.2) is 0 Å². The molecule has 8 nitrogen and oxygen atoms in total. The lowest BCUT2D eigenvalue weighted by molar-refractivity contribution is -0.165. The zero-order valence-electron chi connectivity index (χ0n) is 5.44. The van der Waals surface area contributed by atoms with E-state index in [9.17, 15) is 9.59 Å². The first-order valence-electron chi connectivity index (χ1n) is 2.37. The van der Waals surface area contributed by atoms with Crippen LogP contribution < -0.4 is 23.3 Å². The molecule has 8 heteroatoms. The molecule has 0 radical (unpaired) electrons. The van der Waals surface area contributed by atoms with Crippen molar-refractivity contribution in [1.29, 1.82) is 0 Å². The molecule has 0 aromatic heterocycles. The van der Waals surface area contributed by atoms with Crippen LogP contribution in [-0.4, -0.2) is 17.6 Å². The van der Waals surface area contributed by atoms with Crippen molar-refractivity contribution < 1.29 is 19.3 Å². The summed E-state index contributed by atoms with van der Waals surface area (Å²) >= 11 is 0. The lowest BCUT2D eigenvalue weighted by Gasteiger charge is -2.15. The molecule has 0 saturated carbocycles. The van der Waals surface area contributed by atoms with Crippen molar-refractivity contribution in [3.63, 3.8) is 0 Å². The van der Waals surface area contributed by atoms with Gasteiger partial charge in [0.25, 0.3) is 5.66 Å². The molecule has 0 fully saturated rings. The van der Waals surface area contributed by atoms with Gasteiger partial charge in [0.2, 0.25) is 0 Å². The van der Waals surface area contributed by atoms with E-state index in [1.54, 1.807) is 0 Å². The second kappa shape index (κ2) is 3.25. The van der Waals surface area contributed by atoms with Gasteiger partial charge >= 0.3 is 11.9 Å². The van der Waals surface area contributed by atoms with Crippen LogP contribution in [0.25, 0.3) is 0 Å². The Morgan fingerprint density at radius 3 is 1.45 bits per heavy atom. The van der Waals surface area contributed by atoms with Crippen molar-refractivity contribution in [1.82, 2.24) is 0 Å². The van der Waals surface area contributed by atoms with Crippen molar-refractivity contribution in [3.8, 4) is 0 Å². The number of carbonyl (C=O) groups is 2. The van der Waals surface area contributed by atoms with Crippen LogP contribution in [-0.2, 0) is 19.3 Å². The Labute approximate surface area is 61.3 Å². The maximum absolute atomic E-state index is 10.5. The van der Waals surface area contributed by atoms with Crippen molar-refractivity contribution in [2.75, 3.05) is 0 Å².